The Labute approximate surface area is 105 Å². The van der Waals surface area contributed by atoms with Gasteiger partial charge in [-0.15, -0.1) is 0 Å². The zero-order chi connectivity index (χ0) is 12.4. The summed E-state index contributed by atoms with van der Waals surface area (Å²) in [6, 6.07) is 9.35. The molecule has 0 unspecified atom stereocenters. The molecule has 2 heterocycles. The van der Waals surface area contributed by atoms with E-state index in [1.165, 1.54) is 5.56 Å². The first-order valence-electron chi connectivity index (χ1n) is 5.91. The average Bonchev–Trinajstić information content (AvgIpc) is 2.87. The molecule has 0 radical (unpaired) electrons. The van der Waals surface area contributed by atoms with Crippen molar-refractivity contribution in [2.24, 2.45) is 0 Å². The Morgan fingerprint density at radius 3 is 3.11 bits per heavy atom. The van der Waals surface area contributed by atoms with Crippen LogP contribution in [0.4, 0.5) is 11.4 Å². The second-order valence-corrected chi connectivity index (χ2v) is 4.24. The van der Waals surface area contributed by atoms with Gasteiger partial charge in [-0.25, -0.2) is 0 Å². The minimum atomic E-state index is -0.0994. The fourth-order valence-corrected chi connectivity index (χ4v) is 2.09. The van der Waals surface area contributed by atoms with Gasteiger partial charge in [0.2, 0.25) is 0 Å². The molecule has 0 saturated carbocycles. The van der Waals surface area contributed by atoms with Gasteiger partial charge in [-0.05, 0) is 42.3 Å². The molecule has 90 valence electrons. The highest BCUT2D eigenvalue weighted by Gasteiger charge is 2.13. The van der Waals surface area contributed by atoms with Gasteiger partial charge in [0.25, 0.3) is 5.91 Å². The van der Waals surface area contributed by atoms with Gasteiger partial charge in [0.1, 0.15) is 0 Å². The number of hydrogen-bond donors (Lipinski definition) is 2. The van der Waals surface area contributed by atoms with Crippen molar-refractivity contribution in [2.45, 2.75) is 6.42 Å². The van der Waals surface area contributed by atoms with E-state index < -0.39 is 0 Å². The number of nitrogens with zero attached hydrogens (tertiary/aromatic N) is 1. The summed E-state index contributed by atoms with van der Waals surface area (Å²) in [6.07, 6.45) is 4.28. The highest BCUT2D eigenvalue weighted by molar-refractivity contribution is 6.04. The van der Waals surface area contributed by atoms with E-state index in [0.29, 0.717) is 11.3 Å². The summed E-state index contributed by atoms with van der Waals surface area (Å²) >= 11 is 0. The Balaban J connectivity index is 1.81. The maximum absolute atomic E-state index is 12.1. The second-order valence-electron chi connectivity index (χ2n) is 4.24. The number of pyridine rings is 1. The summed E-state index contributed by atoms with van der Waals surface area (Å²) in [4.78, 5) is 16.0. The SMILES string of the molecule is O=C(Nc1cccnc1)c1ccc2c(c1)CCN2. The Bertz CT molecular complexity index is 581. The van der Waals surface area contributed by atoms with Crippen molar-refractivity contribution >= 4 is 17.3 Å². The van der Waals surface area contributed by atoms with E-state index in [2.05, 4.69) is 15.6 Å². The van der Waals surface area contributed by atoms with Gasteiger partial charge in [-0.2, -0.15) is 0 Å². The van der Waals surface area contributed by atoms with Crippen LogP contribution in [0.1, 0.15) is 15.9 Å². The maximum Gasteiger partial charge on any atom is 0.255 e. The lowest BCUT2D eigenvalue weighted by atomic mass is 10.1. The lowest BCUT2D eigenvalue weighted by Gasteiger charge is -2.06. The predicted octanol–water partition coefficient (Wildman–Crippen LogP) is 2.30. The molecule has 18 heavy (non-hydrogen) atoms. The van der Waals surface area contributed by atoms with Gasteiger partial charge in [0, 0.05) is 24.0 Å². The molecule has 0 saturated heterocycles. The van der Waals surface area contributed by atoms with Crippen LogP contribution in [0.5, 0.6) is 0 Å². The molecule has 0 fully saturated rings. The van der Waals surface area contributed by atoms with E-state index in [0.717, 1.165) is 18.7 Å². The maximum atomic E-state index is 12.1. The van der Waals surface area contributed by atoms with Crippen molar-refractivity contribution in [1.82, 2.24) is 4.98 Å². The van der Waals surface area contributed by atoms with E-state index in [1.807, 2.05) is 24.3 Å². The van der Waals surface area contributed by atoms with E-state index in [4.69, 9.17) is 0 Å². The van der Waals surface area contributed by atoms with Crippen LogP contribution >= 0.6 is 0 Å². The van der Waals surface area contributed by atoms with E-state index in [-0.39, 0.29) is 5.91 Å². The highest BCUT2D eigenvalue weighted by atomic mass is 16.1. The molecule has 4 heteroatoms. The molecule has 3 rings (SSSR count). The van der Waals surface area contributed by atoms with Crippen molar-refractivity contribution in [2.75, 3.05) is 17.2 Å². The van der Waals surface area contributed by atoms with Crippen LogP contribution in [0.3, 0.4) is 0 Å². The van der Waals surface area contributed by atoms with Crippen molar-refractivity contribution in [3.05, 3.63) is 53.9 Å². The zero-order valence-corrected chi connectivity index (χ0v) is 9.81. The number of rotatable bonds is 2. The number of fused-ring (bicyclic) bond motifs is 1. The van der Waals surface area contributed by atoms with Crippen LogP contribution in [-0.4, -0.2) is 17.4 Å². The van der Waals surface area contributed by atoms with Crippen LogP contribution in [0.2, 0.25) is 0 Å². The molecule has 1 aromatic heterocycles. The number of carbonyl (C=O) groups is 1. The van der Waals surface area contributed by atoms with Crippen LogP contribution in [0, 0.1) is 0 Å². The van der Waals surface area contributed by atoms with Gasteiger partial charge < -0.3 is 10.6 Å². The standard InChI is InChI=1S/C14H13N3O/c18-14(17-12-2-1-6-15-9-12)11-3-4-13-10(8-11)5-7-16-13/h1-4,6,8-9,16H,5,7H2,(H,17,18). The average molecular weight is 239 g/mol. The Hall–Kier alpha value is -2.36. The largest absolute Gasteiger partial charge is 0.384 e. The van der Waals surface area contributed by atoms with E-state index in [9.17, 15) is 4.79 Å². The first-order valence-corrected chi connectivity index (χ1v) is 5.91. The van der Waals surface area contributed by atoms with Gasteiger partial charge in [0.15, 0.2) is 0 Å². The summed E-state index contributed by atoms with van der Waals surface area (Å²) in [6.45, 7) is 0.947. The van der Waals surface area contributed by atoms with Crippen LogP contribution < -0.4 is 10.6 Å². The van der Waals surface area contributed by atoms with E-state index >= 15 is 0 Å². The highest BCUT2D eigenvalue weighted by Crippen LogP contribution is 2.23. The first-order chi connectivity index (χ1) is 8.83. The number of anilines is 2. The van der Waals surface area contributed by atoms with Gasteiger partial charge in [-0.1, -0.05) is 0 Å². The fourth-order valence-electron chi connectivity index (χ4n) is 2.09. The summed E-state index contributed by atoms with van der Waals surface area (Å²) < 4.78 is 0. The molecule has 0 spiro atoms. The third-order valence-electron chi connectivity index (χ3n) is 3.00. The molecule has 0 aliphatic carbocycles. The lowest BCUT2D eigenvalue weighted by Crippen LogP contribution is -2.12. The molecule has 0 atom stereocenters. The molecule has 1 aliphatic heterocycles. The molecular weight excluding hydrogens is 226 g/mol. The monoisotopic (exact) mass is 239 g/mol. The quantitative estimate of drug-likeness (QED) is 0.845. The summed E-state index contributed by atoms with van der Waals surface area (Å²) in [7, 11) is 0. The number of aromatic nitrogens is 1. The molecule has 1 amide bonds. The second kappa shape index (κ2) is 4.49. The molecule has 4 nitrogen and oxygen atoms in total. The first kappa shape index (κ1) is 10.8. The van der Waals surface area contributed by atoms with Gasteiger partial charge in [-0.3, -0.25) is 9.78 Å². The van der Waals surface area contributed by atoms with Crippen molar-refractivity contribution in [1.29, 1.82) is 0 Å². The molecule has 1 aliphatic rings. The number of carbonyl (C=O) groups excluding carboxylic acids is 1. The van der Waals surface area contributed by atoms with Crippen molar-refractivity contribution < 1.29 is 4.79 Å². The van der Waals surface area contributed by atoms with Crippen LogP contribution in [-0.2, 0) is 6.42 Å². The minimum Gasteiger partial charge on any atom is -0.384 e. The predicted molar refractivity (Wildman–Crippen MR) is 70.8 cm³/mol. The summed E-state index contributed by atoms with van der Waals surface area (Å²) in [5.74, 6) is -0.0994. The Kier molecular flexibility index (Phi) is 2.68. The zero-order valence-electron chi connectivity index (χ0n) is 9.81. The van der Waals surface area contributed by atoms with E-state index in [1.54, 1.807) is 18.5 Å². The molecular formula is C14H13N3O. The van der Waals surface area contributed by atoms with Crippen molar-refractivity contribution in [3.8, 4) is 0 Å². The third-order valence-corrected chi connectivity index (χ3v) is 3.00. The summed E-state index contributed by atoms with van der Waals surface area (Å²) in [5, 5.41) is 6.10. The smallest absolute Gasteiger partial charge is 0.255 e. The number of hydrogen-bond acceptors (Lipinski definition) is 3. The molecule has 0 bridgehead atoms. The fraction of sp³-hybridized carbons (Fsp3) is 0.143. The summed E-state index contributed by atoms with van der Waals surface area (Å²) in [5.41, 5.74) is 3.73. The third kappa shape index (κ3) is 2.05. The van der Waals surface area contributed by atoms with Crippen LogP contribution in [0.15, 0.2) is 42.7 Å². The lowest BCUT2D eigenvalue weighted by molar-refractivity contribution is 0.102. The number of amides is 1. The Morgan fingerprint density at radius 1 is 1.33 bits per heavy atom. The molecule has 1 aromatic carbocycles. The molecule has 2 N–H and O–H groups in total. The Morgan fingerprint density at radius 2 is 2.28 bits per heavy atom. The van der Waals surface area contributed by atoms with Gasteiger partial charge >= 0.3 is 0 Å². The topological polar surface area (TPSA) is 54.0 Å². The molecule has 2 aromatic rings. The minimum absolute atomic E-state index is 0.0994. The van der Waals surface area contributed by atoms with Crippen molar-refractivity contribution in [3.63, 3.8) is 0 Å². The van der Waals surface area contributed by atoms with Gasteiger partial charge in [0.05, 0.1) is 11.9 Å². The number of benzene rings is 1. The normalized spacial score (nSPS) is 12.7. The number of nitrogens with one attached hydrogen (secondary N) is 2. The van der Waals surface area contributed by atoms with Crippen LogP contribution in [0.25, 0.3) is 0 Å².